The fraction of sp³-hybridized carbons (Fsp3) is 0.500. The van der Waals surface area contributed by atoms with Gasteiger partial charge in [-0.2, -0.15) is 0 Å². The van der Waals surface area contributed by atoms with Crippen LogP contribution >= 0.6 is 11.8 Å². The fourth-order valence-electron chi connectivity index (χ4n) is 2.24. The van der Waals surface area contributed by atoms with Crippen molar-refractivity contribution < 1.29 is 18.7 Å². The summed E-state index contributed by atoms with van der Waals surface area (Å²) in [6, 6.07) is 3.36. The summed E-state index contributed by atoms with van der Waals surface area (Å²) in [5.74, 6) is -1.90. The van der Waals surface area contributed by atoms with Crippen LogP contribution in [0.15, 0.2) is 23.1 Å². The average Bonchev–Trinajstić information content (AvgIpc) is 2.43. The molecule has 1 aromatic rings. The summed E-state index contributed by atoms with van der Waals surface area (Å²) in [5.41, 5.74) is 0. The Morgan fingerprint density at radius 3 is 2.75 bits per heavy atom. The van der Waals surface area contributed by atoms with Gasteiger partial charge in [-0.3, -0.25) is 4.79 Å². The highest BCUT2D eigenvalue weighted by atomic mass is 32.2. The molecule has 0 saturated heterocycles. The number of thioether (sulfide) groups is 1. The Bertz CT molecular complexity index is 484. The zero-order valence-electron chi connectivity index (χ0n) is 10.9. The van der Waals surface area contributed by atoms with Gasteiger partial charge in [0.15, 0.2) is 11.6 Å². The number of hydrogen-bond donors (Lipinski definition) is 2. The van der Waals surface area contributed by atoms with Gasteiger partial charge in [0.2, 0.25) is 5.91 Å². The van der Waals surface area contributed by atoms with Gasteiger partial charge in [-0.15, -0.1) is 11.8 Å². The van der Waals surface area contributed by atoms with Gasteiger partial charge >= 0.3 is 0 Å². The highest BCUT2D eigenvalue weighted by molar-refractivity contribution is 8.00. The van der Waals surface area contributed by atoms with Gasteiger partial charge in [0.25, 0.3) is 0 Å². The van der Waals surface area contributed by atoms with E-state index in [0.29, 0.717) is 11.3 Å². The summed E-state index contributed by atoms with van der Waals surface area (Å²) in [4.78, 5) is 12.3. The van der Waals surface area contributed by atoms with E-state index >= 15 is 0 Å². The first-order valence-electron chi connectivity index (χ1n) is 6.61. The molecule has 1 amide bonds. The van der Waals surface area contributed by atoms with Crippen LogP contribution in [0.25, 0.3) is 0 Å². The van der Waals surface area contributed by atoms with E-state index in [9.17, 15) is 18.7 Å². The number of benzene rings is 1. The summed E-state index contributed by atoms with van der Waals surface area (Å²) >= 11 is 1.14. The van der Waals surface area contributed by atoms with Crippen molar-refractivity contribution in [2.45, 2.75) is 42.7 Å². The predicted molar refractivity (Wildman–Crippen MR) is 73.5 cm³/mol. The van der Waals surface area contributed by atoms with E-state index in [0.717, 1.165) is 43.2 Å². The first-order valence-corrected chi connectivity index (χ1v) is 7.60. The Balaban J connectivity index is 1.81. The molecular weight excluding hydrogens is 284 g/mol. The van der Waals surface area contributed by atoms with E-state index in [1.807, 2.05) is 0 Å². The molecule has 110 valence electrons. The summed E-state index contributed by atoms with van der Waals surface area (Å²) in [5, 5.41) is 12.5. The lowest BCUT2D eigenvalue weighted by Crippen LogP contribution is -2.45. The predicted octanol–water partition coefficient (Wildman–Crippen LogP) is 2.48. The SMILES string of the molecule is O=C(CSc1ccc(F)c(F)c1)N[C@@H]1CCCC[C@H]1O. The molecule has 2 N–H and O–H groups in total. The zero-order chi connectivity index (χ0) is 14.5. The molecule has 0 bridgehead atoms. The standard InChI is InChI=1S/C14H17F2NO2S/c15-10-6-5-9(7-11(10)16)20-8-14(19)17-12-3-1-2-4-13(12)18/h5-7,12-13,18H,1-4,8H2,(H,17,19)/t12-,13-/m1/s1. The zero-order valence-corrected chi connectivity index (χ0v) is 11.8. The molecule has 1 fully saturated rings. The highest BCUT2D eigenvalue weighted by Crippen LogP contribution is 2.21. The Kier molecular flexibility index (Phi) is 5.37. The highest BCUT2D eigenvalue weighted by Gasteiger charge is 2.24. The summed E-state index contributed by atoms with van der Waals surface area (Å²) in [7, 11) is 0. The third kappa shape index (κ3) is 4.18. The number of carbonyl (C=O) groups is 1. The third-order valence-corrected chi connectivity index (χ3v) is 4.33. The number of hydrogen-bond acceptors (Lipinski definition) is 3. The van der Waals surface area contributed by atoms with Gasteiger partial charge in [-0.25, -0.2) is 8.78 Å². The largest absolute Gasteiger partial charge is 0.391 e. The Morgan fingerprint density at radius 1 is 1.30 bits per heavy atom. The second-order valence-corrected chi connectivity index (χ2v) is 5.94. The molecule has 1 aromatic carbocycles. The Labute approximate surface area is 120 Å². The van der Waals surface area contributed by atoms with Crippen LogP contribution in [-0.4, -0.2) is 28.9 Å². The van der Waals surface area contributed by atoms with Gasteiger partial charge in [0.05, 0.1) is 17.9 Å². The van der Waals surface area contributed by atoms with E-state index in [4.69, 9.17) is 0 Å². The molecule has 2 rings (SSSR count). The molecule has 1 aliphatic rings. The van der Waals surface area contributed by atoms with Gasteiger partial charge in [0.1, 0.15) is 0 Å². The lowest BCUT2D eigenvalue weighted by atomic mass is 9.93. The molecule has 0 aliphatic heterocycles. The second kappa shape index (κ2) is 7.04. The lowest BCUT2D eigenvalue weighted by molar-refractivity contribution is -0.120. The minimum absolute atomic E-state index is 0.119. The number of nitrogens with one attached hydrogen (secondary N) is 1. The van der Waals surface area contributed by atoms with Gasteiger partial charge < -0.3 is 10.4 Å². The summed E-state index contributed by atoms with van der Waals surface area (Å²) < 4.78 is 25.8. The Morgan fingerprint density at radius 2 is 2.05 bits per heavy atom. The number of carbonyl (C=O) groups excluding carboxylic acids is 1. The molecule has 20 heavy (non-hydrogen) atoms. The number of aliphatic hydroxyl groups excluding tert-OH is 1. The van der Waals surface area contributed by atoms with Crippen molar-refractivity contribution in [2.75, 3.05) is 5.75 Å². The smallest absolute Gasteiger partial charge is 0.230 e. The molecular formula is C14H17F2NO2S. The average molecular weight is 301 g/mol. The minimum atomic E-state index is -0.918. The van der Waals surface area contributed by atoms with Crippen molar-refractivity contribution in [3.8, 4) is 0 Å². The fourth-order valence-corrected chi connectivity index (χ4v) is 2.98. The van der Waals surface area contributed by atoms with Crippen LogP contribution in [0, 0.1) is 11.6 Å². The van der Waals surface area contributed by atoms with Crippen molar-refractivity contribution in [2.24, 2.45) is 0 Å². The van der Waals surface area contributed by atoms with Gasteiger partial charge in [0, 0.05) is 4.90 Å². The molecule has 1 saturated carbocycles. The van der Waals surface area contributed by atoms with E-state index in [2.05, 4.69) is 5.32 Å². The summed E-state index contributed by atoms with van der Waals surface area (Å²) in [6.45, 7) is 0. The molecule has 1 aliphatic carbocycles. The monoisotopic (exact) mass is 301 g/mol. The van der Waals surface area contributed by atoms with E-state index < -0.39 is 17.7 Å². The second-order valence-electron chi connectivity index (χ2n) is 4.89. The topological polar surface area (TPSA) is 49.3 Å². The van der Waals surface area contributed by atoms with Crippen molar-refractivity contribution in [3.05, 3.63) is 29.8 Å². The molecule has 0 aromatic heterocycles. The first-order chi connectivity index (χ1) is 9.56. The molecule has 3 nitrogen and oxygen atoms in total. The number of amides is 1. The van der Waals surface area contributed by atoms with Crippen LogP contribution in [0.2, 0.25) is 0 Å². The van der Waals surface area contributed by atoms with Crippen molar-refractivity contribution >= 4 is 17.7 Å². The molecule has 2 atom stereocenters. The van der Waals surface area contributed by atoms with Crippen LogP contribution in [0.1, 0.15) is 25.7 Å². The van der Waals surface area contributed by atoms with E-state index in [1.54, 1.807) is 0 Å². The molecule has 0 unspecified atom stereocenters. The van der Waals surface area contributed by atoms with Crippen molar-refractivity contribution in [1.29, 1.82) is 0 Å². The van der Waals surface area contributed by atoms with Crippen molar-refractivity contribution in [3.63, 3.8) is 0 Å². The lowest BCUT2D eigenvalue weighted by Gasteiger charge is -2.28. The van der Waals surface area contributed by atoms with Crippen LogP contribution in [0.5, 0.6) is 0 Å². The number of halogens is 2. The first kappa shape index (κ1) is 15.3. The van der Waals surface area contributed by atoms with E-state index in [-0.39, 0.29) is 17.7 Å². The van der Waals surface area contributed by atoms with Crippen LogP contribution < -0.4 is 5.32 Å². The summed E-state index contributed by atoms with van der Waals surface area (Å²) in [6.07, 6.45) is 2.99. The van der Waals surface area contributed by atoms with Gasteiger partial charge in [-0.05, 0) is 31.0 Å². The Hall–Kier alpha value is -1.14. The van der Waals surface area contributed by atoms with Crippen LogP contribution in [-0.2, 0) is 4.79 Å². The maximum absolute atomic E-state index is 13.0. The van der Waals surface area contributed by atoms with Crippen molar-refractivity contribution in [1.82, 2.24) is 5.32 Å². The van der Waals surface area contributed by atoms with Gasteiger partial charge in [-0.1, -0.05) is 12.8 Å². The number of aliphatic hydroxyl groups is 1. The third-order valence-electron chi connectivity index (χ3n) is 3.34. The normalized spacial score (nSPS) is 22.6. The van der Waals surface area contributed by atoms with Crippen LogP contribution in [0.3, 0.4) is 0 Å². The maximum atomic E-state index is 13.0. The van der Waals surface area contributed by atoms with E-state index in [1.165, 1.54) is 6.07 Å². The van der Waals surface area contributed by atoms with Crippen LogP contribution in [0.4, 0.5) is 8.78 Å². The molecule has 6 heteroatoms. The number of rotatable bonds is 4. The molecule has 0 spiro atoms. The maximum Gasteiger partial charge on any atom is 0.230 e. The molecule has 0 radical (unpaired) electrons. The quantitative estimate of drug-likeness (QED) is 0.840. The molecule has 0 heterocycles. The minimum Gasteiger partial charge on any atom is -0.391 e.